The van der Waals surface area contributed by atoms with Crippen LogP contribution in [0.15, 0.2) is 53.5 Å². The minimum Gasteiger partial charge on any atom is -0.357 e. The van der Waals surface area contributed by atoms with Gasteiger partial charge in [-0.3, -0.25) is 4.79 Å². The Labute approximate surface area is 182 Å². The van der Waals surface area contributed by atoms with E-state index in [0.29, 0.717) is 25.6 Å². The van der Waals surface area contributed by atoms with Crippen molar-refractivity contribution in [1.82, 2.24) is 10.6 Å². The number of para-hydroxylation sites is 1. The van der Waals surface area contributed by atoms with Crippen LogP contribution < -0.4 is 15.5 Å². The van der Waals surface area contributed by atoms with E-state index in [9.17, 15) is 9.18 Å². The van der Waals surface area contributed by atoms with Gasteiger partial charge in [0.2, 0.25) is 5.91 Å². The van der Waals surface area contributed by atoms with Crippen molar-refractivity contribution in [3.8, 4) is 0 Å². The predicted molar refractivity (Wildman–Crippen MR) is 122 cm³/mol. The Morgan fingerprint density at radius 1 is 1.14 bits per heavy atom. The number of hydrogen-bond donors (Lipinski definition) is 2. The number of rotatable bonds is 6. The third-order valence-corrected chi connectivity index (χ3v) is 4.52. The summed E-state index contributed by atoms with van der Waals surface area (Å²) in [7, 11) is 0. The molecule has 0 unspecified atom stereocenters. The highest BCUT2D eigenvalue weighted by atomic mass is 127. The number of hydrogen-bond acceptors (Lipinski definition) is 2. The van der Waals surface area contributed by atoms with E-state index >= 15 is 0 Å². The van der Waals surface area contributed by atoms with Crippen LogP contribution in [0.25, 0.3) is 0 Å². The van der Waals surface area contributed by atoms with Crippen LogP contribution in [0, 0.1) is 5.82 Å². The minimum atomic E-state index is -0.233. The Kier molecular flexibility index (Phi) is 8.69. The van der Waals surface area contributed by atoms with E-state index in [4.69, 9.17) is 0 Å². The first-order valence-corrected chi connectivity index (χ1v) is 9.32. The van der Waals surface area contributed by atoms with E-state index in [-0.39, 0.29) is 42.2 Å². The first-order chi connectivity index (χ1) is 13.2. The van der Waals surface area contributed by atoms with Crippen LogP contribution in [0.2, 0.25) is 0 Å². The summed E-state index contributed by atoms with van der Waals surface area (Å²) in [4.78, 5) is 18.8. The molecule has 2 aromatic carbocycles. The van der Waals surface area contributed by atoms with E-state index < -0.39 is 0 Å². The maximum Gasteiger partial charge on any atom is 0.248 e. The summed E-state index contributed by atoms with van der Waals surface area (Å²) in [5.74, 6) is 0.375. The molecule has 0 saturated carbocycles. The number of halogens is 2. The number of anilines is 1. The number of nitrogens with zero attached hydrogens (tertiary/aromatic N) is 2. The molecule has 3 rings (SSSR count). The third-order valence-electron chi connectivity index (χ3n) is 4.52. The fourth-order valence-corrected chi connectivity index (χ4v) is 3.15. The topological polar surface area (TPSA) is 56.7 Å². The number of carbonyl (C=O) groups is 1. The van der Waals surface area contributed by atoms with Gasteiger partial charge in [0.25, 0.3) is 0 Å². The van der Waals surface area contributed by atoms with E-state index in [1.807, 2.05) is 25.1 Å². The molecule has 7 heteroatoms. The molecular formula is C21H26FIN4O. The second-order valence-electron chi connectivity index (χ2n) is 6.42. The zero-order chi connectivity index (χ0) is 19.1. The molecule has 0 saturated heterocycles. The number of nitrogens with one attached hydrogen (secondary N) is 2. The molecule has 0 aliphatic carbocycles. The summed E-state index contributed by atoms with van der Waals surface area (Å²) < 4.78 is 13.0. The summed E-state index contributed by atoms with van der Waals surface area (Å²) in [6.07, 6.45) is 1.64. The molecule has 28 heavy (non-hydrogen) atoms. The largest absolute Gasteiger partial charge is 0.357 e. The Morgan fingerprint density at radius 2 is 1.89 bits per heavy atom. The molecule has 1 aliphatic heterocycles. The second-order valence-corrected chi connectivity index (χ2v) is 6.42. The van der Waals surface area contributed by atoms with Crippen molar-refractivity contribution < 1.29 is 9.18 Å². The quantitative estimate of drug-likeness (QED) is 0.367. The van der Waals surface area contributed by atoms with E-state index in [2.05, 4.69) is 21.7 Å². The van der Waals surface area contributed by atoms with Gasteiger partial charge in [0.05, 0.1) is 0 Å². The lowest BCUT2D eigenvalue weighted by atomic mass is 10.1. The van der Waals surface area contributed by atoms with Crippen LogP contribution in [-0.4, -0.2) is 38.0 Å². The van der Waals surface area contributed by atoms with Crippen LogP contribution in [0.1, 0.15) is 18.1 Å². The zero-order valence-electron chi connectivity index (χ0n) is 16.0. The van der Waals surface area contributed by atoms with Crippen molar-refractivity contribution in [3.63, 3.8) is 0 Å². The number of fused-ring (bicyclic) bond motifs is 1. The number of amides is 1. The molecule has 2 N–H and O–H groups in total. The molecule has 0 aromatic heterocycles. The van der Waals surface area contributed by atoms with Gasteiger partial charge in [0.15, 0.2) is 5.96 Å². The average Bonchev–Trinajstić information content (AvgIpc) is 3.11. The van der Waals surface area contributed by atoms with E-state index in [1.165, 1.54) is 17.7 Å². The number of guanidine groups is 1. The molecule has 1 aliphatic rings. The van der Waals surface area contributed by atoms with Gasteiger partial charge in [-0.2, -0.15) is 0 Å². The SMILES string of the molecule is CCNC(=NCC(=O)N1CCc2ccccc21)NCCc1ccc(F)cc1.I. The summed E-state index contributed by atoms with van der Waals surface area (Å²) in [6, 6.07) is 14.5. The Morgan fingerprint density at radius 3 is 2.64 bits per heavy atom. The van der Waals surface area contributed by atoms with Gasteiger partial charge in [0, 0.05) is 25.3 Å². The lowest BCUT2D eigenvalue weighted by Gasteiger charge is -2.17. The van der Waals surface area contributed by atoms with Crippen LogP contribution in [-0.2, 0) is 17.6 Å². The molecule has 0 radical (unpaired) electrons. The normalized spacial score (nSPS) is 12.9. The molecular weight excluding hydrogens is 470 g/mol. The second kappa shape index (κ2) is 11.0. The smallest absolute Gasteiger partial charge is 0.248 e. The summed E-state index contributed by atoms with van der Waals surface area (Å²) >= 11 is 0. The van der Waals surface area contributed by atoms with Crippen molar-refractivity contribution in [2.75, 3.05) is 31.1 Å². The van der Waals surface area contributed by atoms with Gasteiger partial charge in [0.1, 0.15) is 12.4 Å². The van der Waals surface area contributed by atoms with Gasteiger partial charge in [-0.25, -0.2) is 9.38 Å². The predicted octanol–water partition coefficient (Wildman–Crippen LogP) is 3.13. The maximum absolute atomic E-state index is 13.0. The highest BCUT2D eigenvalue weighted by Gasteiger charge is 2.23. The fourth-order valence-electron chi connectivity index (χ4n) is 3.15. The average molecular weight is 496 g/mol. The van der Waals surface area contributed by atoms with Crippen molar-refractivity contribution in [1.29, 1.82) is 0 Å². The Balaban J connectivity index is 0.00000280. The molecule has 0 spiro atoms. The van der Waals surface area contributed by atoms with E-state index in [1.54, 1.807) is 17.0 Å². The first-order valence-electron chi connectivity index (χ1n) is 9.32. The first kappa shape index (κ1) is 22.1. The van der Waals surface area contributed by atoms with Crippen molar-refractivity contribution in [2.24, 2.45) is 4.99 Å². The van der Waals surface area contributed by atoms with Crippen molar-refractivity contribution >= 4 is 41.5 Å². The van der Waals surface area contributed by atoms with Crippen molar-refractivity contribution in [3.05, 3.63) is 65.5 Å². The molecule has 0 atom stereocenters. The van der Waals surface area contributed by atoms with Gasteiger partial charge in [-0.05, 0) is 49.1 Å². The fraction of sp³-hybridized carbons (Fsp3) is 0.333. The van der Waals surface area contributed by atoms with Crippen LogP contribution in [0.4, 0.5) is 10.1 Å². The Hall–Kier alpha value is -2.16. The lowest BCUT2D eigenvalue weighted by Crippen LogP contribution is -2.39. The minimum absolute atomic E-state index is 0. The number of benzene rings is 2. The lowest BCUT2D eigenvalue weighted by molar-refractivity contribution is -0.117. The molecule has 1 heterocycles. The zero-order valence-corrected chi connectivity index (χ0v) is 18.3. The third kappa shape index (κ3) is 5.92. The van der Waals surface area contributed by atoms with E-state index in [0.717, 1.165) is 24.1 Å². The maximum atomic E-state index is 13.0. The van der Waals surface area contributed by atoms with Gasteiger partial charge in [-0.15, -0.1) is 24.0 Å². The number of carbonyl (C=O) groups excluding carboxylic acids is 1. The van der Waals surface area contributed by atoms with Crippen LogP contribution >= 0.6 is 24.0 Å². The van der Waals surface area contributed by atoms with Crippen LogP contribution in [0.5, 0.6) is 0 Å². The molecule has 0 fully saturated rings. The van der Waals surface area contributed by atoms with Crippen molar-refractivity contribution in [2.45, 2.75) is 19.8 Å². The van der Waals surface area contributed by atoms with Gasteiger partial charge in [-0.1, -0.05) is 30.3 Å². The molecule has 1 amide bonds. The molecule has 150 valence electrons. The Bertz CT molecular complexity index is 810. The van der Waals surface area contributed by atoms with Crippen LogP contribution in [0.3, 0.4) is 0 Å². The monoisotopic (exact) mass is 496 g/mol. The molecule has 0 bridgehead atoms. The van der Waals surface area contributed by atoms with Gasteiger partial charge < -0.3 is 15.5 Å². The van der Waals surface area contributed by atoms with Gasteiger partial charge >= 0.3 is 0 Å². The molecule has 2 aromatic rings. The summed E-state index contributed by atoms with van der Waals surface area (Å²) in [5, 5.41) is 6.37. The highest BCUT2D eigenvalue weighted by Crippen LogP contribution is 2.27. The number of aliphatic imine (C=N–C) groups is 1. The summed E-state index contributed by atoms with van der Waals surface area (Å²) in [6.45, 7) is 4.15. The standard InChI is InChI=1S/C21H25FN4O.HI/c1-2-23-21(24-13-11-16-7-9-18(22)10-8-16)25-15-20(27)26-14-12-17-5-3-4-6-19(17)26;/h3-10H,2,11-15H2,1H3,(H2,23,24,25);1H. The summed E-state index contributed by atoms with van der Waals surface area (Å²) in [5.41, 5.74) is 3.25. The highest BCUT2D eigenvalue weighted by molar-refractivity contribution is 14.0. The molecule has 5 nitrogen and oxygen atoms in total.